The van der Waals surface area contributed by atoms with Gasteiger partial charge in [-0.25, -0.2) is 0 Å². The number of carbonyl (C=O) groups is 1. The van der Waals surface area contributed by atoms with Crippen molar-refractivity contribution in [3.8, 4) is 17.0 Å². The van der Waals surface area contributed by atoms with Crippen LogP contribution in [0.25, 0.3) is 11.3 Å². The van der Waals surface area contributed by atoms with Gasteiger partial charge in [0.15, 0.2) is 0 Å². The first-order valence-electron chi connectivity index (χ1n) is 7.82. The Morgan fingerprint density at radius 1 is 1.21 bits per heavy atom. The number of aromatic hydroxyl groups is 1. The third-order valence-electron chi connectivity index (χ3n) is 3.84. The number of nitrogens with one attached hydrogen (secondary N) is 2. The number of aromatic amines is 1. The summed E-state index contributed by atoms with van der Waals surface area (Å²) in [6.45, 7) is 4.01. The van der Waals surface area contributed by atoms with Gasteiger partial charge >= 0.3 is 0 Å². The molecule has 0 saturated heterocycles. The number of H-pyrrole nitrogens is 1. The van der Waals surface area contributed by atoms with Gasteiger partial charge in [-0.05, 0) is 54.8 Å². The molecule has 0 radical (unpaired) electrons. The molecule has 1 heterocycles. The summed E-state index contributed by atoms with van der Waals surface area (Å²) < 4.78 is 0. The number of hydrogen-bond acceptors (Lipinski definition) is 3. The van der Waals surface area contributed by atoms with Gasteiger partial charge < -0.3 is 10.4 Å². The van der Waals surface area contributed by atoms with Crippen molar-refractivity contribution in [1.82, 2.24) is 10.2 Å². The fourth-order valence-electron chi connectivity index (χ4n) is 2.51. The highest BCUT2D eigenvalue weighted by Gasteiger charge is 2.14. The van der Waals surface area contributed by atoms with Crippen LogP contribution in [0, 0.1) is 6.92 Å². The van der Waals surface area contributed by atoms with E-state index in [0.717, 1.165) is 23.2 Å². The molecule has 1 aromatic heterocycles. The predicted octanol–water partition coefficient (Wildman–Crippen LogP) is 3.91. The van der Waals surface area contributed by atoms with Crippen LogP contribution >= 0.6 is 0 Å². The molecule has 5 nitrogen and oxygen atoms in total. The Morgan fingerprint density at radius 2 is 2.04 bits per heavy atom. The fraction of sp³-hybridized carbons (Fsp3) is 0.158. The Kier molecular flexibility index (Phi) is 4.33. The lowest BCUT2D eigenvalue weighted by atomic mass is 10.1. The molecule has 1 amide bonds. The minimum atomic E-state index is -0.273. The zero-order valence-electron chi connectivity index (χ0n) is 13.6. The lowest BCUT2D eigenvalue weighted by Gasteiger charge is -2.04. The lowest BCUT2D eigenvalue weighted by Crippen LogP contribution is -2.12. The molecule has 122 valence electrons. The van der Waals surface area contributed by atoms with E-state index in [0.29, 0.717) is 17.0 Å². The number of phenols is 1. The number of phenolic OH excluding ortho intramolecular Hbond substituents is 1. The summed E-state index contributed by atoms with van der Waals surface area (Å²) in [5.74, 6) is -0.130. The molecule has 2 aromatic carbocycles. The highest BCUT2D eigenvalue weighted by molar-refractivity contribution is 6.03. The summed E-state index contributed by atoms with van der Waals surface area (Å²) in [6.07, 6.45) is 0.860. The van der Waals surface area contributed by atoms with Crippen molar-refractivity contribution in [2.24, 2.45) is 0 Å². The molecule has 0 aliphatic heterocycles. The van der Waals surface area contributed by atoms with E-state index in [1.165, 1.54) is 0 Å². The predicted molar refractivity (Wildman–Crippen MR) is 94.2 cm³/mol. The summed E-state index contributed by atoms with van der Waals surface area (Å²) in [6, 6.07) is 14.6. The van der Waals surface area contributed by atoms with E-state index in [9.17, 15) is 9.90 Å². The van der Waals surface area contributed by atoms with Crippen LogP contribution in [0.4, 0.5) is 5.69 Å². The summed E-state index contributed by atoms with van der Waals surface area (Å²) in [5.41, 5.74) is 4.38. The quantitative estimate of drug-likeness (QED) is 0.682. The number of nitrogens with zero attached hydrogens (tertiary/aromatic N) is 1. The first-order chi connectivity index (χ1) is 11.6. The first-order valence-corrected chi connectivity index (χ1v) is 7.82. The van der Waals surface area contributed by atoms with Crippen LogP contribution in [0.15, 0.2) is 48.5 Å². The number of amides is 1. The number of rotatable bonds is 4. The number of aromatic nitrogens is 2. The van der Waals surface area contributed by atoms with Gasteiger partial charge in [-0.2, -0.15) is 5.10 Å². The average molecular weight is 321 g/mol. The van der Waals surface area contributed by atoms with Crippen molar-refractivity contribution >= 4 is 11.6 Å². The number of benzene rings is 2. The maximum absolute atomic E-state index is 12.3. The Balaban J connectivity index is 1.84. The van der Waals surface area contributed by atoms with E-state index in [1.54, 1.807) is 12.1 Å². The number of aryl methyl sites for hydroxylation is 2. The highest BCUT2D eigenvalue weighted by Crippen LogP contribution is 2.29. The van der Waals surface area contributed by atoms with Gasteiger partial charge in [0.1, 0.15) is 11.4 Å². The molecule has 0 aliphatic rings. The molecule has 0 bridgehead atoms. The van der Waals surface area contributed by atoms with Crippen molar-refractivity contribution < 1.29 is 9.90 Å². The second-order valence-corrected chi connectivity index (χ2v) is 5.70. The Hall–Kier alpha value is -3.08. The summed E-state index contributed by atoms with van der Waals surface area (Å²) in [5, 5.41) is 19.8. The van der Waals surface area contributed by atoms with Crippen LogP contribution in [0.3, 0.4) is 0 Å². The molecule has 3 aromatic rings. The molecule has 0 aliphatic carbocycles. The Labute approximate surface area is 140 Å². The standard InChI is InChI=1S/C19H19N3O2/c1-3-13-7-8-18(23)15(10-13)16-11-17(22-21-16)19(24)20-14-6-4-5-12(2)9-14/h4-11,23H,3H2,1-2H3,(H,20,24)(H,21,22). The van der Waals surface area contributed by atoms with Crippen molar-refractivity contribution in [2.75, 3.05) is 5.32 Å². The second-order valence-electron chi connectivity index (χ2n) is 5.70. The molecule has 0 unspecified atom stereocenters. The first kappa shape index (κ1) is 15.8. The molecular formula is C19H19N3O2. The minimum Gasteiger partial charge on any atom is -0.507 e. The van der Waals surface area contributed by atoms with Gasteiger partial charge in [0.25, 0.3) is 5.91 Å². The zero-order chi connectivity index (χ0) is 17.1. The van der Waals surface area contributed by atoms with Crippen molar-refractivity contribution in [1.29, 1.82) is 0 Å². The van der Waals surface area contributed by atoms with E-state index in [-0.39, 0.29) is 11.7 Å². The molecule has 3 rings (SSSR count). The van der Waals surface area contributed by atoms with Crippen LogP contribution in [0.2, 0.25) is 0 Å². The van der Waals surface area contributed by atoms with Gasteiger partial charge in [-0.1, -0.05) is 25.1 Å². The molecule has 0 fully saturated rings. The molecular weight excluding hydrogens is 302 g/mol. The van der Waals surface area contributed by atoms with E-state index >= 15 is 0 Å². The molecule has 0 spiro atoms. The molecule has 0 saturated carbocycles. The summed E-state index contributed by atoms with van der Waals surface area (Å²) >= 11 is 0. The topological polar surface area (TPSA) is 78.0 Å². The van der Waals surface area contributed by atoms with E-state index in [2.05, 4.69) is 15.5 Å². The van der Waals surface area contributed by atoms with Crippen LogP contribution < -0.4 is 5.32 Å². The van der Waals surface area contributed by atoms with Crippen LogP contribution in [-0.2, 0) is 6.42 Å². The van der Waals surface area contributed by atoms with Crippen LogP contribution in [-0.4, -0.2) is 21.2 Å². The average Bonchev–Trinajstić information content (AvgIpc) is 3.05. The Morgan fingerprint density at radius 3 is 2.79 bits per heavy atom. The number of anilines is 1. The van der Waals surface area contributed by atoms with Crippen LogP contribution in [0.1, 0.15) is 28.5 Å². The van der Waals surface area contributed by atoms with Gasteiger partial charge in [0.05, 0.1) is 5.69 Å². The molecule has 3 N–H and O–H groups in total. The maximum atomic E-state index is 12.3. The summed E-state index contributed by atoms with van der Waals surface area (Å²) in [4.78, 5) is 12.3. The van der Waals surface area contributed by atoms with Gasteiger partial charge in [0, 0.05) is 11.3 Å². The smallest absolute Gasteiger partial charge is 0.273 e. The second kappa shape index (κ2) is 6.58. The fourth-order valence-corrected chi connectivity index (χ4v) is 2.51. The molecule has 24 heavy (non-hydrogen) atoms. The largest absolute Gasteiger partial charge is 0.507 e. The zero-order valence-corrected chi connectivity index (χ0v) is 13.6. The SMILES string of the molecule is CCc1ccc(O)c(-c2cc(C(=O)Nc3cccc(C)c3)[nH]n2)c1. The minimum absolute atomic E-state index is 0.143. The third kappa shape index (κ3) is 3.30. The van der Waals surface area contributed by atoms with E-state index in [4.69, 9.17) is 0 Å². The Bertz CT molecular complexity index is 884. The molecule has 5 heteroatoms. The van der Waals surface area contributed by atoms with E-state index in [1.807, 2.05) is 50.2 Å². The van der Waals surface area contributed by atoms with Crippen molar-refractivity contribution in [3.05, 3.63) is 65.4 Å². The van der Waals surface area contributed by atoms with E-state index < -0.39 is 0 Å². The highest BCUT2D eigenvalue weighted by atomic mass is 16.3. The summed E-state index contributed by atoms with van der Waals surface area (Å²) in [7, 11) is 0. The number of hydrogen-bond donors (Lipinski definition) is 3. The van der Waals surface area contributed by atoms with Crippen LogP contribution in [0.5, 0.6) is 5.75 Å². The normalized spacial score (nSPS) is 10.6. The monoisotopic (exact) mass is 321 g/mol. The van der Waals surface area contributed by atoms with Crippen molar-refractivity contribution in [2.45, 2.75) is 20.3 Å². The third-order valence-corrected chi connectivity index (χ3v) is 3.84. The van der Waals surface area contributed by atoms with Gasteiger partial charge in [-0.3, -0.25) is 9.89 Å². The lowest BCUT2D eigenvalue weighted by molar-refractivity contribution is 0.102. The number of carbonyl (C=O) groups excluding carboxylic acids is 1. The molecule has 0 atom stereocenters. The maximum Gasteiger partial charge on any atom is 0.273 e. The van der Waals surface area contributed by atoms with Gasteiger partial charge in [-0.15, -0.1) is 0 Å². The van der Waals surface area contributed by atoms with Gasteiger partial charge in [0.2, 0.25) is 0 Å². The van der Waals surface area contributed by atoms with Crippen molar-refractivity contribution in [3.63, 3.8) is 0 Å².